The van der Waals surface area contributed by atoms with Crippen molar-refractivity contribution in [2.24, 2.45) is 5.92 Å². The second-order valence-electron chi connectivity index (χ2n) is 7.88. The first-order chi connectivity index (χ1) is 14.3. The van der Waals surface area contributed by atoms with Crippen LogP contribution in [0.5, 0.6) is 11.5 Å². The highest BCUT2D eigenvalue weighted by Gasteiger charge is 2.22. The van der Waals surface area contributed by atoms with Gasteiger partial charge in [-0.15, -0.1) is 0 Å². The van der Waals surface area contributed by atoms with E-state index in [1.54, 1.807) is 18.2 Å². The molecule has 0 bridgehead atoms. The molecule has 6 heteroatoms. The van der Waals surface area contributed by atoms with Crippen LogP contribution in [0.15, 0.2) is 48.7 Å². The number of aromatic amines is 1. The summed E-state index contributed by atoms with van der Waals surface area (Å²) in [6, 6.07) is 13.8. The number of nitrogens with one attached hydrogen (secondary N) is 2. The molecule has 150 valence electrons. The number of benzene rings is 2. The standard InChI is InChI=1S/C23H25N3O3/c27-23(17-7-8-21-22(10-17)29-15-28-21)25-11-16-4-3-9-26(13-16)14-18-12-24-20-6-2-1-5-19(18)20/h1-2,5-8,10,12,16,24H,3-4,9,11,13-15H2,(H,25,27). The van der Waals surface area contributed by atoms with Gasteiger partial charge in [0.2, 0.25) is 6.79 Å². The number of fused-ring (bicyclic) bond motifs is 2. The van der Waals surface area contributed by atoms with Gasteiger partial charge in [0.15, 0.2) is 11.5 Å². The molecule has 2 N–H and O–H groups in total. The van der Waals surface area contributed by atoms with Crippen molar-refractivity contribution in [2.45, 2.75) is 19.4 Å². The van der Waals surface area contributed by atoms with E-state index >= 15 is 0 Å². The number of aromatic nitrogens is 1. The summed E-state index contributed by atoms with van der Waals surface area (Å²) >= 11 is 0. The van der Waals surface area contributed by atoms with E-state index in [9.17, 15) is 4.79 Å². The summed E-state index contributed by atoms with van der Waals surface area (Å²) in [4.78, 5) is 18.4. The Morgan fingerprint density at radius 1 is 1.17 bits per heavy atom. The van der Waals surface area contributed by atoms with Crippen LogP contribution >= 0.6 is 0 Å². The van der Waals surface area contributed by atoms with Crippen LogP contribution in [-0.2, 0) is 6.54 Å². The van der Waals surface area contributed by atoms with Gasteiger partial charge in [-0.1, -0.05) is 18.2 Å². The fraction of sp³-hybridized carbons (Fsp3) is 0.348. The fourth-order valence-electron chi connectivity index (χ4n) is 4.34. The Kier molecular flexibility index (Phi) is 4.86. The molecule has 0 saturated carbocycles. The van der Waals surface area contributed by atoms with Crippen molar-refractivity contribution in [3.63, 3.8) is 0 Å². The van der Waals surface area contributed by atoms with Gasteiger partial charge in [-0.3, -0.25) is 9.69 Å². The van der Waals surface area contributed by atoms with E-state index in [1.165, 1.54) is 16.5 Å². The minimum absolute atomic E-state index is 0.0583. The third-order valence-electron chi connectivity index (χ3n) is 5.86. The molecule has 1 saturated heterocycles. The monoisotopic (exact) mass is 391 g/mol. The maximum atomic E-state index is 12.5. The van der Waals surface area contributed by atoms with Crippen LogP contribution in [0.2, 0.25) is 0 Å². The molecule has 6 nitrogen and oxygen atoms in total. The highest BCUT2D eigenvalue weighted by atomic mass is 16.7. The fourth-order valence-corrected chi connectivity index (χ4v) is 4.34. The quantitative estimate of drug-likeness (QED) is 0.698. The largest absolute Gasteiger partial charge is 0.454 e. The first kappa shape index (κ1) is 18.1. The average Bonchev–Trinajstić information content (AvgIpc) is 3.39. The van der Waals surface area contributed by atoms with Gasteiger partial charge in [-0.2, -0.15) is 0 Å². The van der Waals surface area contributed by atoms with E-state index < -0.39 is 0 Å². The number of ether oxygens (including phenoxy) is 2. The first-order valence-corrected chi connectivity index (χ1v) is 10.2. The van der Waals surface area contributed by atoms with E-state index in [1.807, 2.05) is 0 Å². The maximum Gasteiger partial charge on any atom is 0.251 e. The molecule has 1 aromatic heterocycles. The molecule has 1 unspecified atom stereocenters. The first-order valence-electron chi connectivity index (χ1n) is 10.2. The van der Waals surface area contributed by atoms with Crippen molar-refractivity contribution < 1.29 is 14.3 Å². The summed E-state index contributed by atoms with van der Waals surface area (Å²) in [6.45, 7) is 3.95. The molecule has 2 aliphatic heterocycles. The minimum atomic E-state index is -0.0583. The van der Waals surface area contributed by atoms with E-state index in [4.69, 9.17) is 9.47 Å². The maximum absolute atomic E-state index is 12.5. The van der Waals surface area contributed by atoms with Crippen molar-refractivity contribution in [3.8, 4) is 11.5 Å². The van der Waals surface area contributed by atoms with E-state index in [-0.39, 0.29) is 12.7 Å². The van der Waals surface area contributed by atoms with Gasteiger partial charge in [0, 0.05) is 42.3 Å². The Morgan fingerprint density at radius 3 is 3.03 bits per heavy atom. The molecule has 0 spiro atoms. The van der Waals surface area contributed by atoms with Crippen molar-refractivity contribution >= 4 is 16.8 Å². The lowest BCUT2D eigenvalue weighted by Crippen LogP contribution is -2.40. The summed E-state index contributed by atoms with van der Waals surface area (Å²) in [5, 5.41) is 4.40. The second-order valence-corrected chi connectivity index (χ2v) is 7.88. The molecule has 1 atom stereocenters. The number of amides is 1. The summed E-state index contributed by atoms with van der Waals surface area (Å²) in [5.74, 6) is 1.74. The Balaban J connectivity index is 1.17. The average molecular weight is 391 g/mol. The lowest BCUT2D eigenvalue weighted by molar-refractivity contribution is 0.0930. The molecule has 0 aliphatic carbocycles. The molecular weight excluding hydrogens is 366 g/mol. The highest BCUT2D eigenvalue weighted by Crippen LogP contribution is 2.32. The van der Waals surface area contributed by atoms with E-state index in [0.717, 1.165) is 32.5 Å². The van der Waals surface area contributed by atoms with Gasteiger partial charge in [0.25, 0.3) is 5.91 Å². The Morgan fingerprint density at radius 2 is 2.07 bits per heavy atom. The van der Waals surface area contributed by atoms with E-state index in [0.29, 0.717) is 29.5 Å². The number of piperidine rings is 1. The number of carbonyl (C=O) groups is 1. The highest BCUT2D eigenvalue weighted by molar-refractivity contribution is 5.94. The summed E-state index contributed by atoms with van der Waals surface area (Å²) < 4.78 is 10.7. The van der Waals surface area contributed by atoms with Crippen LogP contribution in [0.4, 0.5) is 0 Å². The number of hydrogen-bond acceptors (Lipinski definition) is 4. The molecule has 1 amide bonds. The molecule has 29 heavy (non-hydrogen) atoms. The van der Waals surface area contributed by atoms with Gasteiger partial charge >= 0.3 is 0 Å². The molecule has 2 aliphatic rings. The SMILES string of the molecule is O=C(NCC1CCCN(Cc2c[nH]c3ccccc23)C1)c1ccc2c(c1)OCO2. The van der Waals surface area contributed by atoms with Gasteiger partial charge < -0.3 is 19.8 Å². The number of carbonyl (C=O) groups excluding carboxylic acids is 1. The van der Waals surface area contributed by atoms with Gasteiger partial charge in [-0.05, 0) is 55.1 Å². The van der Waals surface area contributed by atoms with Gasteiger partial charge in [-0.25, -0.2) is 0 Å². The number of H-pyrrole nitrogens is 1. The number of nitrogens with zero attached hydrogens (tertiary/aromatic N) is 1. The topological polar surface area (TPSA) is 66.6 Å². The van der Waals surface area contributed by atoms with Crippen LogP contribution in [-0.4, -0.2) is 42.2 Å². The Hall–Kier alpha value is -2.99. The molecule has 0 radical (unpaired) electrons. The number of para-hydroxylation sites is 1. The summed E-state index contributed by atoms with van der Waals surface area (Å²) in [5.41, 5.74) is 3.14. The number of hydrogen-bond donors (Lipinski definition) is 2. The zero-order valence-corrected chi connectivity index (χ0v) is 16.3. The van der Waals surface area contributed by atoms with Crippen molar-refractivity contribution in [1.29, 1.82) is 0 Å². The van der Waals surface area contributed by atoms with Crippen molar-refractivity contribution in [1.82, 2.24) is 15.2 Å². The van der Waals surface area contributed by atoms with Gasteiger partial charge in [0.1, 0.15) is 0 Å². The van der Waals surface area contributed by atoms with Crippen LogP contribution < -0.4 is 14.8 Å². The third-order valence-corrected chi connectivity index (χ3v) is 5.86. The molecule has 5 rings (SSSR count). The van der Waals surface area contributed by atoms with Gasteiger partial charge in [0.05, 0.1) is 0 Å². The summed E-state index contributed by atoms with van der Waals surface area (Å²) in [7, 11) is 0. The zero-order chi connectivity index (χ0) is 19.6. The number of likely N-dealkylation sites (tertiary alicyclic amines) is 1. The van der Waals surface area contributed by atoms with Crippen LogP contribution in [0.3, 0.4) is 0 Å². The van der Waals surface area contributed by atoms with Crippen molar-refractivity contribution in [3.05, 3.63) is 59.8 Å². The predicted molar refractivity (Wildman–Crippen MR) is 111 cm³/mol. The Labute approximate surface area is 169 Å². The molecule has 3 aromatic rings. The van der Waals surface area contributed by atoms with Crippen LogP contribution in [0.25, 0.3) is 10.9 Å². The molecule has 1 fully saturated rings. The number of rotatable bonds is 5. The lowest BCUT2D eigenvalue weighted by Gasteiger charge is -2.32. The molecule has 2 aromatic carbocycles. The molecular formula is C23H25N3O3. The van der Waals surface area contributed by atoms with E-state index in [2.05, 4.69) is 45.7 Å². The molecule has 3 heterocycles. The third kappa shape index (κ3) is 3.80. The smallest absolute Gasteiger partial charge is 0.251 e. The van der Waals surface area contributed by atoms with Crippen LogP contribution in [0, 0.1) is 5.92 Å². The summed E-state index contributed by atoms with van der Waals surface area (Å²) in [6.07, 6.45) is 4.43. The Bertz CT molecular complexity index is 1030. The lowest BCUT2D eigenvalue weighted by atomic mass is 9.97. The minimum Gasteiger partial charge on any atom is -0.454 e. The zero-order valence-electron chi connectivity index (χ0n) is 16.3. The predicted octanol–water partition coefficient (Wildman–Crippen LogP) is 3.54. The normalized spacial score (nSPS) is 18.8. The second kappa shape index (κ2) is 7.79. The van der Waals surface area contributed by atoms with Crippen molar-refractivity contribution in [2.75, 3.05) is 26.4 Å². The van der Waals surface area contributed by atoms with Crippen LogP contribution in [0.1, 0.15) is 28.8 Å².